The molecular formula is C21H18F3N3O2. The van der Waals surface area contributed by atoms with Gasteiger partial charge in [-0.15, -0.1) is 0 Å². The number of amides is 1. The molecule has 3 aromatic rings. The molecular weight excluding hydrogens is 383 g/mol. The van der Waals surface area contributed by atoms with Gasteiger partial charge in [0.15, 0.2) is 0 Å². The van der Waals surface area contributed by atoms with E-state index < -0.39 is 17.6 Å². The van der Waals surface area contributed by atoms with Crippen LogP contribution in [0.3, 0.4) is 0 Å². The molecule has 5 nitrogen and oxygen atoms in total. The first kappa shape index (κ1) is 20.2. The number of halogens is 3. The van der Waals surface area contributed by atoms with E-state index in [-0.39, 0.29) is 22.4 Å². The second kappa shape index (κ2) is 8.22. The summed E-state index contributed by atoms with van der Waals surface area (Å²) in [6.45, 7) is 1.72. The molecule has 0 saturated heterocycles. The minimum absolute atomic E-state index is 0.0587. The maximum Gasteiger partial charge on any atom is 0.416 e. The number of anilines is 2. The first-order valence-corrected chi connectivity index (χ1v) is 8.74. The average molecular weight is 401 g/mol. The third-order valence-electron chi connectivity index (χ3n) is 4.30. The fourth-order valence-corrected chi connectivity index (χ4v) is 2.79. The zero-order valence-electron chi connectivity index (χ0n) is 15.4. The molecule has 0 spiro atoms. The summed E-state index contributed by atoms with van der Waals surface area (Å²) in [5.74, 6) is -0.536. The van der Waals surface area contributed by atoms with Crippen molar-refractivity contribution in [3.05, 3.63) is 93.4 Å². The molecule has 150 valence electrons. The number of pyridine rings is 1. The summed E-state index contributed by atoms with van der Waals surface area (Å²) in [5.41, 5.74) is 0.727. The highest BCUT2D eigenvalue weighted by Gasteiger charge is 2.32. The molecule has 0 bridgehead atoms. The maximum absolute atomic E-state index is 13.1. The number of nitrogens with one attached hydrogen (secondary N) is 3. The molecule has 1 heterocycles. The van der Waals surface area contributed by atoms with Gasteiger partial charge in [0, 0.05) is 30.2 Å². The fraction of sp³-hybridized carbons (Fsp3) is 0.143. The third kappa shape index (κ3) is 5.04. The summed E-state index contributed by atoms with van der Waals surface area (Å²) in [5, 5.41) is 5.62. The van der Waals surface area contributed by atoms with Crippen LogP contribution in [-0.2, 0) is 12.7 Å². The van der Waals surface area contributed by atoms with Gasteiger partial charge in [-0.1, -0.05) is 24.3 Å². The van der Waals surface area contributed by atoms with Crippen LogP contribution in [-0.4, -0.2) is 10.9 Å². The lowest BCUT2D eigenvalue weighted by atomic mass is 10.1. The predicted octanol–water partition coefficient (Wildman–Crippen LogP) is 4.57. The Balaban J connectivity index is 1.78. The number of rotatable bonds is 5. The Hall–Kier alpha value is -3.55. The first-order chi connectivity index (χ1) is 13.7. The largest absolute Gasteiger partial charge is 0.416 e. The number of hydrogen-bond donors (Lipinski definition) is 3. The second-order valence-electron chi connectivity index (χ2n) is 6.44. The van der Waals surface area contributed by atoms with Gasteiger partial charge in [-0.2, -0.15) is 13.2 Å². The molecule has 0 aliphatic heterocycles. The van der Waals surface area contributed by atoms with Crippen molar-refractivity contribution in [1.82, 2.24) is 4.98 Å². The Kier molecular flexibility index (Phi) is 5.72. The normalized spacial score (nSPS) is 11.2. The van der Waals surface area contributed by atoms with Crippen molar-refractivity contribution in [2.45, 2.75) is 19.6 Å². The van der Waals surface area contributed by atoms with Gasteiger partial charge >= 0.3 is 6.18 Å². The van der Waals surface area contributed by atoms with E-state index in [0.29, 0.717) is 12.2 Å². The lowest BCUT2D eigenvalue weighted by Crippen LogP contribution is -2.16. The molecule has 0 aliphatic rings. The fourth-order valence-electron chi connectivity index (χ4n) is 2.79. The van der Waals surface area contributed by atoms with Crippen LogP contribution in [0.15, 0.2) is 65.6 Å². The number of carbonyl (C=O) groups is 1. The Morgan fingerprint density at radius 3 is 2.52 bits per heavy atom. The summed E-state index contributed by atoms with van der Waals surface area (Å²) in [6, 6.07) is 13.4. The Labute approximate surface area is 164 Å². The lowest BCUT2D eigenvalue weighted by Gasteiger charge is -2.14. The van der Waals surface area contributed by atoms with Crippen LogP contribution in [0.1, 0.15) is 27.0 Å². The predicted molar refractivity (Wildman–Crippen MR) is 105 cm³/mol. The molecule has 2 aromatic carbocycles. The van der Waals surface area contributed by atoms with Gasteiger partial charge in [0.05, 0.1) is 11.1 Å². The standard InChI is InChI=1S/C21H18F3N3O2/c1-13-6-8-15(10-17(13)21(22,23)24)27-20(29)16-4-2-3-5-18(16)25-11-14-7-9-19(28)26-12-14/h2-10,12,25H,11H2,1H3,(H,26,28)(H,27,29). The van der Waals surface area contributed by atoms with Crippen LogP contribution in [0.4, 0.5) is 24.5 Å². The highest BCUT2D eigenvalue weighted by molar-refractivity contribution is 6.08. The van der Waals surface area contributed by atoms with E-state index in [4.69, 9.17) is 0 Å². The minimum Gasteiger partial charge on any atom is -0.380 e. The summed E-state index contributed by atoms with van der Waals surface area (Å²) in [7, 11) is 0. The quantitative estimate of drug-likeness (QED) is 0.587. The zero-order chi connectivity index (χ0) is 21.0. The van der Waals surface area contributed by atoms with E-state index in [0.717, 1.165) is 11.6 Å². The Bertz CT molecular complexity index is 1070. The SMILES string of the molecule is Cc1ccc(NC(=O)c2ccccc2NCc2ccc(=O)[nH]c2)cc1C(F)(F)F. The van der Waals surface area contributed by atoms with Crippen molar-refractivity contribution >= 4 is 17.3 Å². The van der Waals surface area contributed by atoms with E-state index in [9.17, 15) is 22.8 Å². The van der Waals surface area contributed by atoms with Gasteiger partial charge in [0.2, 0.25) is 5.56 Å². The van der Waals surface area contributed by atoms with Crippen molar-refractivity contribution in [3.63, 3.8) is 0 Å². The second-order valence-corrected chi connectivity index (χ2v) is 6.44. The lowest BCUT2D eigenvalue weighted by molar-refractivity contribution is -0.138. The van der Waals surface area contributed by atoms with E-state index in [1.165, 1.54) is 25.1 Å². The molecule has 0 atom stereocenters. The van der Waals surface area contributed by atoms with E-state index in [1.54, 1.807) is 36.5 Å². The number of benzene rings is 2. The van der Waals surface area contributed by atoms with Gasteiger partial charge < -0.3 is 15.6 Å². The van der Waals surface area contributed by atoms with Crippen LogP contribution >= 0.6 is 0 Å². The van der Waals surface area contributed by atoms with Crippen molar-refractivity contribution in [1.29, 1.82) is 0 Å². The molecule has 1 aromatic heterocycles. The average Bonchev–Trinajstić information content (AvgIpc) is 2.68. The van der Waals surface area contributed by atoms with E-state index >= 15 is 0 Å². The highest BCUT2D eigenvalue weighted by atomic mass is 19.4. The number of para-hydroxylation sites is 1. The minimum atomic E-state index is -4.50. The number of aromatic nitrogens is 1. The number of alkyl halides is 3. The summed E-state index contributed by atoms with van der Waals surface area (Å²) in [4.78, 5) is 26.3. The van der Waals surface area contributed by atoms with Crippen LogP contribution in [0.2, 0.25) is 0 Å². The summed E-state index contributed by atoms with van der Waals surface area (Å²) >= 11 is 0. The monoisotopic (exact) mass is 401 g/mol. The first-order valence-electron chi connectivity index (χ1n) is 8.74. The molecule has 0 aliphatic carbocycles. The van der Waals surface area contributed by atoms with Gasteiger partial charge in [-0.25, -0.2) is 0 Å². The Morgan fingerprint density at radius 1 is 1.07 bits per heavy atom. The number of H-pyrrole nitrogens is 1. The molecule has 0 radical (unpaired) electrons. The third-order valence-corrected chi connectivity index (χ3v) is 4.30. The molecule has 0 unspecified atom stereocenters. The van der Waals surface area contributed by atoms with Crippen LogP contribution in [0.25, 0.3) is 0 Å². The molecule has 8 heteroatoms. The molecule has 0 saturated carbocycles. The van der Waals surface area contributed by atoms with Crippen LogP contribution < -0.4 is 16.2 Å². The molecule has 3 rings (SSSR count). The van der Waals surface area contributed by atoms with E-state index in [1.807, 2.05) is 0 Å². The van der Waals surface area contributed by atoms with Gasteiger partial charge in [0.1, 0.15) is 0 Å². The highest BCUT2D eigenvalue weighted by Crippen LogP contribution is 2.33. The smallest absolute Gasteiger partial charge is 0.380 e. The van der Waals surface area contributed by atoms with Crippen molar-refractivity contribution < 1.29 is 18.0 Å². The van der Waals surface area contributed by atoms with E-state index in [2.05, 4.69) is 15.6 Å². The molecule has 29 heavy (non-hydrogen) atoms. The number of hydrogen-bond acceptors (Lipinski definition) is 3. The van der Waals surface area contributed by atoms with Crippen molar-refractivity contribution in [2.75, 3.05) is 10.6 Å². The number of aryl methyl sites for hydroxylation is 1. The van der Waals surface area contributed by atoms with Crippen molar-refractivity contribution in [3.8, 4) is 0 Å². The number of carbonyl (C=O) groups excluding carboxylic acids is 1. The van der Waals surface area contributed by atoms with Gasteiger partial charge in [-0.05, 0) is 42.3 Å². The van der Waals surface area contributed by atoms with Crippen LogP contribution in [0, 0.1) is 6.92 Å². The molecule has 3 N–H and O–H groups in total. The van der Waals surface area contributed by atoms with Gasteiger partial charge in [0.25, 0.3) is 5.91 Å². The number of aromatic amines is 1. The molecule has 1 amide bonds. The summed E-state index contributed by atoms with van der Waals surface area (Å²) < 4.78 is 39.3. The maximum atomic E-state index is 13.1. The molecule has 0 fully saturated rings. The zero-order valence-corrected chi connectivity index (χ0v) is 15.4. The summed E-state index contributed by atoms with van der Waals surface area (Å²) in [6.07, 6.45) is -2.94. The Morgan fingerprint density at radius 2 is 1.83 bits per heavy atom. The van der Waals surface area contributed by atoms with Gasteiger partial charge in [-0.3, -0.25) is 9.59 Å². The van der Waals surface area contributed by atoms with Crippen LogP contribution in [0.5, 0.6) is 0 Å². The van der Waals surface area contributed by atoms with Crippen molar-refractivity contribution in [2.24, 2.45) is 0 Å². The topological polar surface area (TPSA) is 74.0 Å².